The molecule has 1 saturated heterocycles. The molecule has 138 valence electrons. The molecule has 0 spiro atoms. The van der Waals surface area contributed by atoms with Crippen molar-refractivity contribution in [1.29, 1.82) is 0 Å². The van der Waals surface area contributed by atoms with Gasteiger partial charge in [-0.1, -0.05) is 54.1 Å². The normalized spacial score (nSPS) is 17.8. The van der Waals surface area contributed by atoms with E-state index in [0.29, 0.717) is 23.2 Å². The van der Waals surface area contributed by atoms with Gasteiger partial charge in [-0.05, 0) is 37.1 Å². The molecule has 2 aromatic rings. The molecule has 1 aliphatic heterocycles. The van der Waals surface area contributed by atoms with E-state index in [0.717, 1.165) is 26.2 Å². The number of nitrogens with one attached hydrogen (secondary N) is 2. The highest BCUT2D eigenvalue weighted by molar-refractivity contribution is 6.33. The summed E-state index contributed by atoms with van der Waals surface area (Å²) in [7, 11) is 0. The van der Waals surface area contributed by atoms with Gasteiger partial charge in [-0.25, -0.2) is 0 Å². The summed E-state index contributed by atoms with van der Waals surface area (Å²) in [6.07, 6.45) is 2.84. The molecule has 0 bridgehead atoms. The molecule has 2 N–H and O–H groups in total. The molecule has 1 unspecified atom stereocenters. The molecule has 1 heterocycles. The Morgan fingerprint density at radius 3 is 2.69 bits per heavy atom. The summed E-state index contributed by atoms with van der Waals surface area (Å²) in [5, 5.41) is 7.11. The van der Waals surface area contributed by atoms with Crippen LogP contribution in [-0.4, -0.2) is 36.5 Å². The second-order valence-electron chi connectivity index (χ2n) is 6.78. The zero-order valence-electron chi connectivity index (χ0n) is 15.0. The summed E-state index contributed by atoms with van der Waals surface area (Å²) in [5.74, 6) is 0.0115. The Hall–Kier alpha value is -1.88. The Morgan fingerprint density at radius 2 is 1.88 bits per heavy atom. The smallest absolute Gasteiger partial charge is 0.225 e. The Labute approximate surface area is 160 Å². The first kappa shape index (κ1) is 18.9. The van der Waals surface area contributed by atoms with Crippen LogP contribution in [0.3, 0.4) is 0 Å². The number of likely N-dealkylation sites (tertiary alicyclic amines) is 1. The highest BCUT2D eigenvalue weighted by Crippen LogP contribution is 2.20. The first-order chi connectivity index (χ1) is 12.7. The van der Waals surface area contributed by atoms with Gasteiger partial charge in [0.2, 0.25) is 5.91 Å². The fourth-order valence-corrected chi connectivity index (χ4v) is 3.50. The number of hydrogen-bond acceptors (Lipinski definition) is 3. The first-order valence-electron chi connectivity index (χ1n) is 9.25. The van der Waals surface area contributed by atoms with Gasteiger partial charge in [0.1, 0.15) is 0 Å². The van der Waals surface area contributed by atoms with Crippen molar-refractivity contribution in [3.05, 3.63) is 65.2 Å². The van der Waals surface area contributed by atoms with Crippen molar-refractivity contribution < 1.29 is 4.79 Å². The van der Waals surface area contributed by atoms with Gasteiger partial charge in [0.05, 0.1) is 10.7 Å². The Balaban J connectivity index is 1.40. The standard InChI is InChI=1S/C21H26ClN3O/c22-19-10-4-5-11-20(19)24-21(26)12-14-25-13-6-9-18(16-25)23-15-17-7-2-1-3-8-17/h1-5,7-8,10-11,18,23H,6,9,12-16H2,(H,24,26). The number of piperidine rings is 1. The summed E-state index contributed by atoms with van der Waals surface area (Å²) < 4.78 is 0. The molecule has 26 heavy (non-hydrogen) atoms. The second kappa shape index (κ2) is 9.72. The molecule has 1 atom stereocenters. The number of amides is 1. The lowest BCUT2D eigenvalue weighted by molar-refractivity contribution is -0.116. The number of benzene rings is 2. The lowest BCUT2D eigenvalue weighted by Gasteiger charge is -2.33. The molecule has 3 rings (SSSR count). The van der Waals surface area contributed by atoms with Crippen LogP contribution in [0.2, 0.25) is 5.02 Å². The van der Waals surface area contributed by atoms with Crippen molar-refractivity contribution in [3.8, 4) is 0 Å². The van der Waals surface area contributed by atoms with E-state index in [1.807, 2.05) is 24.3 Å². The fraction of sp³-hybridized carbons (Fsp3) is 0.381. The highest BCUT2D eigenvalue weighted by Gasteiger charge is 2.20. The minimum atomic E-state index is 0.0115. The second-order valence-corrected chi connectivity index (χ2v) is 7.19. The molecular weight excluding hydrogens is 346 g/mol. The molecule has 0 radical (unpaired) electrons. The Morgan fingerprint density at radius 1 is 1.12 bits per heavy atom. The van der Waals surface area contributed by atoms with Crippen molar-refractivity contribution in [3.63, 3.8) is 0 Å². The largest absolute Gasteiger partial charge is 0.325 e. The summed E-state index contributed by atoms with van der Waals surface area (Å²) in [4.78, 5) is 14.6. The van der Waals surface area contributed by atoms with Crippen LogP contribution in [0.25, 0.3) is 0 Å². The predicted molar refractivity (Wildman–Crippen MR) is 107 cm³/mol. The zero-order chi connectivity index (χ0) is 18.2. The molecule has 2 aromatic carbocycles. The predicted octanol–water partition coefficient (Wildman–Crippen LogP) is 3.92. The van der Waals surface area contributed by atoms with Crippen molar-refractivity contribution in [1.82, 2.24) is 10.2 Å². The van der Waals surface area contributed by atoms with Crippen molar-refractivity contribution >= 4 is 23.2 Å². The molecular formula is C21H26ClN3O. The number of rotatable bonds is 7. The Bertz CT molecular complexity index is 707. The summed E-state index contributed by atoms with van der Waals surface area (Å²) in [5.41, 5.74) is 1.99. The van der Waals surface area contributed by atoms with Crippen LogP contribution in [0.4, 0.5) is 5.69 Å². The van der Waals surface area contributed by atoms with Crippen LogP contribution in [0, 0.1) is 0 Å². The van der Waals surface area contributed by atoms with Crippen LogP contribution in [0.1, 0.15) is 24.8 Å². The third-order valence-corrected chi connectivity index (χ3v) is 5.08. The van der Waals surface area contributed by atoms with E-state index < -0.39 is 0 Å². The molecule has 4 nitrogen and oxygen atoms in total. The molecule has 1 amide bonds. The van der Waals surface area contributed by atoms with E-state index in [9.17, 15) is 4.79 Å². The van der Waals surface area contributed by atoms with Gasteiger partial charge >= 0.3 is 0 Å². The van der Waals surface area contributed by atoms with E-state index >= 15 is 0 Å². The van der Waals surface area contributed by atoms with E-state index in [-0.39, 0.29) is 5.91 Å². The van der Waals surface area contributed by atoms with Crippen molar-refractivity contribution in [2.45, 2.75) is 31.8 Å². The van der Waals surface area contributed by atoms with Crippen LogP contribution in [-0.2, 0) is 11.3 Å². The van der Waals surface area contributed by atoms with Crippen molar-refractivity contribution in [2.24, 2.45) is 0 Å². The lowest BCUT2D eigenvalue weighted by Crippen LogP contribution is -2.46. The van der Waals surface area contributed by atoms with Gasteiger partial charge in [-0.15, -0.1) is 0 Å². The SMILES string of the molecule is O=C(CCN1CCCC(NCc2ccccc2)C1)Nc1ccccc1Cl. The third kappa shape index (κ3) is 5.84. The van der Waals surface area contributed by atoms with E-state index in [1.54, 1.807) is 6.07 Å². The average Bonchev–Trinajstić information content (AvgIpc) is 2.68. The summed E-state index contributed by atoms with van der Waals surface area (Å²) in [6, 6.07) is 18.3. The van der Waals surface area contributed by atoms with Crippen LogP contribution < -0.4 is 10.6 Å². The maximum Gasteiger partial charge on any atom is 0.225 e. The van der Waals surface area contributed by atoms with Gasteiger partial charge in [0, 0.05) is 32.1 Å². The Kier molecular flexibility index (Phi) is 7.06. The van der Waals surface area contributed by atoms with Crippen molar-refractivity contribution in [2.75, 3.05) is 25.0 Å². The number of carbonyl (C=O) groups excluding carboxylic acids is 1. The summed E-state index contributed by atoms with van der Waals surface area (Å²) >= 11 is 6.09. The number of carbonyl (C=O) groups is 1. The number of para-hydroxylation sites is 1. The molecule has 0 saturated carbocycles. The van der Waals surface area contributed by atoms with Gasteiger partial charge in [-0.3, -0.25) is 4.79 Å². The zero-order valence-corrected chi connectivity index (χ0v) is 15.7. The first-order valence-corrected chi connectivity index (χ1v) is 9.62. The van der Waals surface area contributed by atoms with Gasteiger partial charge in [0.25, 0.3) is 0 Å². The minimum absolute atomic E-state index is 0.0115. The topological polar surface area (TPSA) is 44.4 Å². The average molecular weight is 372 g/mol. The number of hydrogen-bond donors (Lipinski definition) is 2. The molecule has 1 fully saturated rings. The van der Waals surface area contributed by atoms with Crippen LogP contribution >= 0.6 is 11.6 Å². The maximum absolute atomic E-state index is 12.2. The lowest BCUT2D eigenvalue weighted by atomic mass is 10.0. The minimum Gasteiger partial charge on any atom is -0.325 e. The van der Waals surface area contributed by atoms with E-state index in [4.69, 9.17) is 11.6 Å². The number of anilines is 1. The third-order valence-electron chi connectivity index (χ3n) is 4.75. The summed E-state index contributed by atoms with van der Waals surface area (Å²) in [6.45, 7) is 3.72. The number of nitrogens with zero attached hydrogens (tertiary/aromatic N) is 1. The molecule has 0 aromatic heterocycles. The quantitative estimate of drug-likeness (QED) is 0.775. The van der Waals surface area contributed by atoms with Crippen LogP contribution in [0.15, 0.2) is 54.6 Å². The monoisotopic (exact) mass is 371 g/mol. The molecule has 1 aliphatic rings. The van der Waals surface area contributed by atoms with E-state index in [1.165, 1.54) is 18.4 Å². The molecule has 5 heteroatoms. The van der Waals surface area contributed by atoms with Gasteiger partial charge in [-0.2, -0.15) is 0 Å². The van der Waals surface area contributed by atoms with E-state index in [2.05, 4.69) is 39.8 Å². The van der Waals surface area contributed by atoms with Gasteiger partial charge in [0.15, 0.2) is 0 Å². The van der Waals surface area contributed by atoms with Crippen LogP contribution in [0.5, 0.6) is 0 Å². The molecule has 0 aliphatic carbocycles. The number of halogens is 1. The van der Waals surface area contributed by atoms with Gasteiger partial charge < -0.3 is 15.5 Å². The fourth-order valence-electron chi connectivity index (χ4n) is 3.32. The highest BCUT2D eigenvalue weighted by atomic mass is 35.5. The maximum atomic E-state index is 12.2.